The topological polar surface area (TPSA) is 75.6 Å². The van der Waals surface area contributed by atoms with E-state index in [1.807, 2.05) is 13.0 Å². The Morgan fingerprint density at radius 3 is 2.84 bits per heavy atom. The van der Waals surface area contributed by atoms with Gasteiger partial charge in [-0.25, -0.2) is 0 Å². The summed E-state index contributed by atoms with van der Waals surface area (Å²) in [5.41, 5.74) is 6.64. The number of carbonyl (C=O) groups is 1. The molecule has 0 atom stereocenters. The molecule has 2 rings (SSSR count). The van der Waals surface area contributed by atoms with Crippen LogP contribution in [0.2, 0.25) is 0 Å². The van der Waals surface area contributed by atoms with Crippen molar-refractivity contribution in [1.82, 2.24) is 15.0 Å². The second kappa shape index (κ2) is 6.16. The van der Waals surface area contributed by atoms with Crippen LogP contribution < -0.4 is 5.73 Å². The van der Waals surface area contributed by atoms with E-state index in [9.17, 15) is 4.79 Å². The van der Waals surface area contributed by atoms with Crippen molar-refractivity contribution in [2.24, 2.45) is 5.73 Å². The SMILES string of the molecule is Cc1cc(CN(C)C(=O)CN2CCC(N)CC2)no1. The molecule has 1 saturated heterocycles. The molecule has 1 aromatic rings. The summed E-state index contributed by atoms with van der Waals surface area (Å²) < 4.78 is 4.99. The van der Waals surface area contributed by atoms with Gasteiger partial charge in [-0.15, -0.1) is 0 Å². The van der Waals surface area contributed by atoms with E-state index in [0.717, 1.165) is 37.4 Å². The highest BCUT2D eigenvalue weighted by molar-refractivity contribution is 5.77. The molecule has 1 aliphatic rings. The highest BCUT2D eigenvalue weighted by Gasteiger charge is 2.20. The number of carbonyl (C=O) groups excluding carboxylic acids is 1. The molecule has 106 valence electrons. The number of aromatic nitrogens is 1. The summed E-state index contributed by atoms with van der Waals surface area (Å²) >= 11 is 0. The molecule has 0 unspecified atom stereocenters. The first-order valence-electron chi connectivity index (χ1n) is 6.68. The van der Waals surface area contributed by atoms with Crippen molar-refractivity contribution in [2.45, 2.75) is 32.4 Å². The Hall–Kier alpha value is -1.40. The van der Waals surface area contributed by atoms with Crippen LogP contribution in [-0.4, -0.2) is 53.6 Å². The highest BCUT2D eigenvalue weighted by atomic mass is 16.5. The summed E-state index contributed by atoms with van der Waals surface area (Å²) in [6.45, 7) is 4.60. The van der Waals surface area contributed by atoms with E-state index >= 15 is 0 Å². The summed E-state index contributed by atoms with van der Waals surface area (Å²) in [7, 11) is 1.79. The van der Waals surface area contributed by atoms with Crippen LogP contribution in [-0.2, 0) is 11.3 Å². The van der Waals surface area contributed by atoms with E-state index in [1.54, 1.807) is 11.9 Å². The third-order valence-corrected chi connectivity index (χ3v) is 3.49. The first-order valence-corrected chi connectivity index (χ1v) is 6.68. The number of amides is 1. The number of aryl methyl sites for hydroxylation is 1. The minimum Gasteiger partial charge on any atom is -0.361 e. The predicted octanol–water partition coefficient (Wildman–Crippen LogP) is 0.365. The van der Waals surface area contributed by atoms with Crippen molar-refractivity contribution in [3.8, 4) is 0 Å². The van der Waals surface area contributed by atoms with Gasteiger partial charge >= 0.3 is 0 Å². The normalized spacial score (nSPS) is 17.6. The molecule has 0 bridgehead atoms. The average Bonchev–Trinajstić information content (AvgIpc) is 2.77. The number of nitrogens with zero attached hydrogens (tertiary/aromatic N) is 3. The van der Waals surface area contributed by atoms with Gasteiger partial charge in [0.15, 0.2) is 0 Å². The van der Waals surface area contributed by atoms with Crippen LogP contribution in [0, 0.1) is 6.92 Å². The maximum absolute atomic E-state index is 12.1. The number of hydrogen-bond donors (Lipinski definition) is 1. The van der Waals surface area contributed by atoms with Crippen molar-refractivity contribution in [2.75, 3.05) is 26.7 Å². The summed E-state index contributed by atoms with van der Waals surface area (Å²) in [4.78, 5) is 15.9. The number of piperidine rings is 1. The molecular weight excluding hydrogens is 244 g/mol. The van der Waals surface area contributed by atoms with Gasteiger partial charge in [-0.3, -0.25) is 9.69 Å². The molecule has 1 amide bonds. The summed E-state index contributed by atoms with van der Waals surface area (Å²) in [6.07, 6.45) is 1.94. The Labute approximate surface area is 113 Å². The molecule has 0 saturated carbocycles. The Bertz CT molecular complexity index is 424. The van der Waals surface area contributed by atoms with Gasteiger partial charge < -0.3 is 15.2 Å². The smallest absolute Gasteiger partial charge is 0.236 e. The minimum absolute atomic E-state index is 0.108. The van der Waals surface area contributed by atoms with Crippen LogP contribution >= 0.6 is 0 Å². The lowest BCUT2D eigenvalue weighted by molar-refractivity contribution is -0.132. The highest BCUT2D eigenvalue weighted by Crippen LogP contribution is 2.09. The summed E-state index contributed by atoms with van der Waals surface area (Å²) in [6, 6.07) is 2.14. The lowest BCUT2D eigenvalue weighted by Crippen LogP contribution is -2.44. The second-order valence-electron chi connectivity index (χ2n) is 5.29. The van der Waals surface area contributed by atoms with Crippen LogP contribution in [0.1, 0.15) is 24.3 Å². The molecule has 6 heteroatoms. The second-order valence-corrected chi connectivity index (χ2v) is 5.29. The number of hydrogen-bond acceptors (Lipinski definition) is 5. The van der Waals surface area contributed by atoms with Gasteiger partial charge in [0.25, 0.3) is 0 Å². The molecule has 0 aliphatic carbocycles. The van der Waals surface area contributed by atoms with Crippen LogP contribution in [0.25, 0.3) is 0 Å². The van der Waals surface area contributed by atoms with Crippen molar-refractivity contribution in [3.63, 3.8) is 0 Å². The number of likely N-dealkylation sites (N-methyl/N-ethyl adjacent to an activating group) is 1. The summed E-state index contributed by atoms with van der Waals surface area (Å²) in [5.74, 6) is 0.872. The molecule has 2 heterocycles. The van der Waals surface area contributed by atoms with E-state index < -0.39 is 0 Å². The number of nitrogens with two attached hydrogens (primary N) is 1. The van der Waals surface area contributed by atoms with Gasteiger partial charge in [0.1, 0.15) is 11.5 Å². The van der Waals surface area contributed by atoms with E-state index in [-0.39, 0.29) is 5.91 Å². The molecule has 1 aromatic heterocycles. The van der Waals surface area contributed by atoms with Crippen molar-refractivity contribution in [3.05, 3.63) is 17.5 Å². The van der Waals surface area contributed by atoms with Crippen LogP contribution in [0.4, 0.5) is 0 Å². The minimum atomic E-state index is 0.108. The largest absolute Gasteiger partial charge is 0.361 e. The zero-order chi connectivity index (χ0) is 13.8. The maximum Gasteiger partial charge on any atom is 0.236 e. The van der Waals surface area contributed by atoms with Crippen LogP contribution in [0.5, 0.6) is 0 Å². The monoisotopic (exact) mass is 266 g/mol. The average molecular weight is 266 g/mol. The van der Waals surface area contributed by atoms with Crippen LogP contribution in [0.15, 0.2) is 10.6 Å². The fraction of sp³-hybridized carbons (Fsp3) is 0.692. The standard InChI is InChI=1S/C13H22N4O2/c1-10-7-12(15-19-10)8-16(2)13(18)9-17-5-3-11(14)4-6-17/h7,11H,3-6,8-9,14H2,1-2H3. The third kappa shape index (κ3) is 4.04. The lowest BCUT2D eigenvalue weighted by atomic mass is 10.1. The molecule has 19 heavy (non-hydrogen) atoms. The van der Waals surface area contributed by atoms with Gasteiger partial charge in [-0.05, 0) is 19.8 Å². The van der Waals surface area contributed by atoms with Gasteiger partial charge in [-0.2, -0.15) is 0 Å². The zero-order valence-corrected chi connectivity index (χ0v) is 11.6. The van der Waals surface area contributed by atoms with E-state index in [2.05, 4.69) is 10.1 Å². The van der Waals surface area contributed by atoms with Crippen LogP contribution in [0.3, 0.4) is 0 Å². The van der Waals surface area contributed by atoms with Crippen molar-refractivity contribution < 1.29 is 9.32 Å². The lowest BCUT2D eigenvalue weighted by Gasteiger charge is -2.30. The van der Waals surface area contributed by atoms with Gasteiger partial charge in [0.05, 0.1) is 13.1 Å². The van der Waals surface area contributed by atoms with Gasteiger partial charge in [0.2, 0.25) is 5.91 Å². The van der Waals surface area contributed by atoms with Crippen molar-refractivity contribution in [1.29, 1.82) is 0 Å². The summed E-state index contributed by atoms with van der Waals surface area (Å²) in [5, 5.41) is 3.90. The molecule has 0 radical (unpaired) electrons. The van der Waals surface area contributed by atoms with E-state index in [4.69, 9.17) is 10.3 Å². The third-order valence-electron chi connectivity index (χ3n) is 3.49. The molecule has 6 nitrogen and oxygen atoms in total. The first-order chi connectivity index (χ1) is 9.04. The Morgan fingerprint density at radius 1 is 1.58 bits per heavy atom. The van der Waals surface area contributed by atoms with Crippen molar-refractivity contribution >= 4 is 5.91 Å². The molecule has 2 N–H and O–H groups in total. The Balaban J connectivity index is 1.79. The fourth-order valence-electron chi connectivity index (χ4n) is 2.25. The maximum atomic E-state index is 12.1. The molecule has 0 aromatic carbocycles. The zero-order valence-electron chi connectivity index (χ0n) is 11.6. The molecular formula is C13H22N4O2. The quantitative estimate of drug-likeness (QED) is 0.852. The predicted molar refractivity (Wildman–Crippen MR) is 71.4 cm³/mol. The molecule has 1 aliphatic heterocycles. The first kappa shape index (κ1) is 14.0. The van der Waals surface area contributed by atoms with Gasteiger partial charge in [0, 0.05) is 32.2 Å². The van der Waals surface area contributed by atoms with E-state index in [0.29, 0.717) is 19.1 Å². The number of rotatable bonds is 4. The van der Waals surface area contributed by atoms with Gasteiger partial charge in [-0.1, -0.05) is 5.16 Å². The van der Waals surface area contributed by atoms with E-state index in [1.165, 1.54) is 0 Å². The molecule has 1 fully saturated rings. The Kier molecular flexibility index (Phi) is 4.55. The molecule has 0 spiro atoms. The number of likely N-dealkylation sites (tertiary alicyclic amines) is 1. The Morgan fingerprint density at radius 2 is 2.26 bits per heavy atom. The fourth-order valence-corrected chi connectivity index (χ4v) is 2.25.